The molecule has 116 valence electrons. The maximum Gasteiger partial charge on any atom is 0.237 e. The summed E-state index contributed by atoms with van der Waals surface area (Å²) < 4.78 is 1.74. The summed E-state index contributed by atoms with van der Waals surface area (Å²) in [5, 5.41) is 15.0. The molecule has 22 heavy (non-hydrogen) atoms. The van der Waals surface area contributed by atoms with E-state index in [0.29, 0.717) is 6.04 Å². The Morgan fingerprint density at radius 2 is 2.27 bits per heavy atom. The van der Waals surface area contributed by atoms with Crippen LogP contribution in [0, 0.1) is 0 Å². The number of carbonyl (C=O) groups excluding carboxylic acids is 1. The van der Waals surface area contributed by atoms with E-state index in [9.17, 15) is 4.79 Å². The number of amides is 1. The monoisotopic (exact) mass is 398 g/mol. The van der Waals surface area contributed by atoms with Crippen molar-refractivity contribution in [2.75, 3.05) is 10.6 Å². The Hall–Kier alpha value is -1.12. The summed E-state index contributed by atoms with van der Waals surface area (Å²) in [5.41, 5.74) is 0.778. The minimum atomic E-state index is -0.235. The zero-order valence-corrected chi connectivity index (χ0v) is 15.1. The van der Waals surface area contributed by atoms with E-state index in [1.165, 1.54) is 35.9 Å². The van der Waals surface area contributed by atoms with Gasteiger partial charge in [0, 0.05) is 16.2 Å². The minimum absolute atomic E-state index is 0.0463. The Labute approximate surface area is 145 Å². The molecule has 2 N–H and O–H groups in total. The van der Waals surface area contributed by atoms with Crippen molar-refractivity contribution in [2.45, 2.75) is 35.4 Å². The topological polar surface area (TPSA) is 66.9 Å². The average molecular weight is 399 g/mol. The number of nitrogens with zero attached hydrogens (tertiary/aromatic N) is 2. The molecule has 3 rings (SSSR count). The first kappa shape index (κ1) is 15.8. The lowest BCUT2D eigenvalue weighted by atomic mass is 10.3. The van der Waals surface area contributed by atoms with Gasteiger partial charge in [0.05, 0.1) is 5.25 Å². The Balaban J connectivity index is 1.55. The average Bonchev–Trinajstić information content (AvgIpc) is 3.18. The highest BCUT2D eigenvalue weighted by Gasteiger charge is 2.23. The number of hydrogen-bond acceptors (Lipinski definition) is 6. The smallest absolute Gasteiger partial charge is 0.237 e. The fourth-order valence-corrected chi connectivity index (χ4v) is 4.11. The van der Waals surface area contributed by atoms with Gasteiger partial charge in [0.15, 0.2) is 4.34 Å². The largest absolute Gasteiger partial charge is 0.357 e. The van der Waals surface area contributed by atoms with Gasteiger partial charge in [0.2, 0.25) is 11.0 Å². The number of hydrogen-bond donors (Lipinski definition) is 2. The summed E-state index contributed by atoms with van der Waals surface area (Å²) in [6, 6.07) is 8.10. The molecule has 2 aromatic rings. The molecule has 0 radical (unpaired) electrons. The SMILES string of the molecule is CC(Sc1nnc(NC2CC2)s1)C(=O)Nc1cccc(Br)c1. The van der Waals surface area contributed by atoms with Gasteiger partial charge in [0.1, 0.15) is 0 Å². The number of halogens is 1. The number of carbonyl (C=O) groups is 1. The number of nitrogens with one attached hydrogen (secondary N) is 2. The fraction of sp³-hybridized carbons (Fsp3) is 0.357. The number of anilines is 2. The lowest BCUT2D eigenvalue weighted by Gasteiger charge is -2.10. The molecule has 8 heteroatoms. The number of benzene rings is 1. The molecular formula is C14H15BrN4OS2. The second-order valence-corrected chi connectivity index (χ2v) is 8.53. The molecule has 1 saturated carbocycles. The van der Waals surface area contributed by atoms with Crippen LogP contribution in [0.1, 0.15) is 19.8 Å². The van der Waals surface area contributed by atoms with E-state index >= 15 is 0 Å². The van der Waals surface area contributed by atoms with Gasteiger partial charge in [-0.3, -0.25) is 4.79 Å². The van der Waals surface area contributed by atoms with Crippen molar-refractivity contribution < 1.29 is 4.79 Å². The molecule has 1 aliphatic carbocycles. The zero-order valence-electron chi connectivity index (χ0n) is 11.9. The normalized spacial score (nSPS) is 15.4. The standard InChI is InChI=1S/C14H15BrN4OS2/c1-8(12(20)16-11-4-2-3-9(15)7-11)21-14-19-18-13(22-14)17-10-5-6-10/h2-4,7-8,10H,5-6H2,1H3,(H,16,20)(H,17,18). The molecule has 0 saturated heterocycles. The summed E-state index contributed by atoms with van der Waals surface area (Å²) in [5.74, 6) is -0.0463. The Morgan fingerprint density at radius 1 is 1.45 bits per heavy atom. The molecule has 1 amide bonds. The van der Waals surface area contributed by atoms with Crippen LogP contribution in [0.25, 0.3) is 0 Å². The van der Waals surface area contributed by atoms with Gasteiger partial charge in [-0.05, 0) is 38.0 Å². The molecular weight excluding hydrogens is 384 g/mol. The first-order chi connectivity index (χ1) is 10.6. The predicted octanol–water partition coefficient (Wildman–Crippen LogP) is 3.99. The van der Waals surface area contributed by atoms with E-state index in [2.05, 4.69) is 36.8 Å². The van der Waals surface area contributed by atoms with Gasteiger partial charge >= 0.3 is 0 Å². The van der Waals surface area contributed by atoms with Crippen LogP contribution in [0.5, 0.6) is 0 Å². The summed E-state index contributed by atoms with van der Waals surface area (Å²) in [7, 11) is 0. The van der Waals surface area contributed by atoms with Crippen LogP contribution in [-0.4, -0.2) is 27.4 Å². The summed E-state index contributed by atoms with van der Waals surface area (Å²) in [4.78, 5) is 12.2. The highest BCUT2D eigenvalue weighted by Crippen LogP contribution is 2.32. The van der Waals surface area contributed by atoms with E-state index in [4.69, 9.17) is 0 Å². The summed E-state index contributed by atoms with van der Waals surface area (Å²) in [6.45, 7) is 1.87. The van der Waals surface area contributed by atoms with Crippen LogP contribution < -0.4 is 10.6 Å². The number of aromatic nitrogens is 2. The lowest BCUT2D eigenvalue weighted by Crippen LogP contribution is -2.22. The molecule has 1 aromatic carbocycles. The summed E-state index contributed by atoms with van der Waals surface area (Å²) in [6.07, 6.45) is 2.40. The number of rotatable bonds is 6. The van der Waals surface area contributed by atoms with Crippen LogP contribution in [0.2, 0.25) is 0 Å². The second-order valence-electron chi connectivity index (χ2n) is 5.05. The van der Waals surface area contributed by atoms with Gasteiger partial charge < -0.3 is 10.6 Å². The third-order valence-corrected chi connectivity index (χ3v) is 5.58. The van der Waals surface area contributed by atoms with Crippen molar-refractivity contribution >= 4 is 55.8 Å². The first-order valence-corrected chi connectivity index (χ1v) is 9.42. The van der Waals surface area contributed by atoms with Gasteiger partial charge in [-0.1, -0.05) is 45.1 Å². The summed E-state index contributed by atoms with van der Waals surface area (Å²) >= 11 is 6.31. The van der Waals surface area contributed by atoms with E-state index in [0.717, 1.165) is 19.6 Å². The molecule has 1 fully saturated rings. The van der Waals surface area contributed by atoms with Crippen molar-refractivity contribution in [3.8, 4) is 0 Å². The van der Waals surface area contributed by atoms with Crippen LogP contribution in [-0.2, 0) is 4.79 Å². The Morgan fingerprint density at radius 3 is 3.00 bits per heavy atom. The zero-order chi connectivity index (χ0) is 15.5. The molecule has 1 heterocycles. The minimum Gasteiger partial charge on any atom is -0.357 e. The Bertz CT molecular complexity index is 674. The van der Waals surface area contributed by atoms with Gasteiger partial charge in [-0.25, -0.2) is 0 Å². The fourth-order valence-electron chi connectivity index (χ4n) is 1.73. The molecule has 1 aromatic heterocycles. The molecule has 0 spiro atoms. The van der Waals surface area contributed by atoms with Crippen molar-refractivity contribution in [1.29, 1.82) is 0 Å². The number of thioether (sulfide) groups is 1. The maximum atomic E-state index is 12.2. The van der Waals surface area contributed by atoms with Crippen molar-refractivity contribution in [2.24, 2.45) is 0 Å². The van der Waals surface area contributed by atoms with Gasteiger partial charge in [0.25, 0.3) is 0 Å². The lowest BCUT2D eigenvalue weighted by molar-refractivity contribution is -0.115. The van der Waals surface area contributed by atoms with Gasteiger partial charge in [-0.2, -0.15) is 0 Å². The highest BCUT2D eigenvalue weighted by molar-refractivity contribution is 9.10. The molecule has 0 aliphatic heterocycles. The molecule has 1 atom stereocenters. The van der Waals surface area contributed by atoms with E-state index < -0.39 is 0 Å². The first-order valence-electron chi connectivity index (χ1n) is 6.93. The molecule has 1 unspecified atom stereocenters. The quantitative estimate of drug-likeness (QED) is 0.719. The van der Waals surface area contributed by atoms with Crippen molar-refractivity contribution in [3.05, 3.63) is 28.7 Å². The third kappa shape index (κ3) is 4.44. The molecule has 5 nitrogen and oxygen atoms in total. The molecule has 1 aliphatic rings. The van der Waals surface area contributed by atoms with Crippen molar-refractivity contribution in [1.82, 2.24) is 10.2 Å². The predicted molar refractivity (Wildman–Crippen MR) is 94.6 cm³/mol. The molecule has 0 bridgehead atoms. The van der Waals surface area contributed by atoms with E-state index in [-0.39, 0.29) is 11.2 Å². The van der Waals surface area contributed by atoms with Crippen LogP contribution in [0.3, 0.4) is 0 Å². The Kier molecular flexibility index (Phi) is 5.00. The third-order valence-electron chi connectivity index (χ3n) is 3.05. The van der Waals surface area contributed by atoms with Crippen molar-refractivity contribution in [3.63, 3.8) is 0 Å². The van der Waals surface area contributed by atoms with Crippen LogP contribution >= 0.6 is 39.0 Å². The van der Waals surface area contributed by atoms with Crippen LogP contribution in [0.4, 0.5) is 10.8 Å². The highest BCUT2D eigenvalue weighted by atomic mass is 79.9. The van der Waals surface area contributed by atoms with Gasteiger partial charge in [-0.15, -0.1) is 10.2 Å². The van der Waals surface area contributed by atoms with E-state index in [1.54, 1.807) is 0 Å². The van der Waals surface area contributed by atoms with Crippen LogP contribution in [0.15, 0.2) is 33.1 Å². The van der Waals surface area contributed by atoms with E-state index in [1.807, 2.05) is 31.2 Å². The maximum absolute atomic E-state index is 12.2. The second kappa shape index (κ2) is 6.97.